The molecule has 12 heteroatoms. The second kappa shape index (κ2) is 9.08. The molecular formula is C20H19ClF3N3O4S. The van der Waals surface area contributed by atoms with E-state index in [1.165, 1.54) is 40.4 Å². The van der Waals surface area contributed by atoms with Gasteiger partial charge < -0.3 is 10.2 Å². The predicted octanol–water partition coefficient (Wildman–Crippen LogP) is 3.46. The number of sulfonamides is 1. The first-order chi connectivity index (χ1) is 14.9. The first-order valence-electron chi connectivity index (χ1n) is 9.43. The Morgan fingerprint density at radius 3 is 2.25 bits per heavy atom. The van der Waals surface area contributed by atoms with Crippen LogP contribution in [0, 0.1) is 0 Å². The molecule has 2 aromatic rings. The monoisotopic (exact) mass is 489 g/mol. The Labute approximate surface area is 187 Å². The molecule has 1 aliphatic rings. The number of alkyl halides is 3. The Kier molecular flexibility index (Phi) is 6.82. The fourth-order valence-corrected chi connectivity index (χ4v) is 4.98. The molecule has 1 saturated heterocycles. The molecule has 0 saturated carbocycles. The molecule has 1 aliphatic heterocycles. The zero-order chi connectivity index (χ0) is 23.7. The highest BCUT2D eigenvalue weighted by Crippen LogP contribution is 2.30. The van der Waals surface area contributed by atoms with E-state index in [1.54, 1.807) is 0 Å². The molecule has 2 aromatic carbocycles. The van der Waals surface area contributed by atoms with Crippen LogP contribution in [0.3, 0.4) is 0 Å². The minimum atomic E-state index is -4.57. The summed E-state index contributed by atoms with van der Waals surface area (Å²) < 4.78 is 65.7. The lowest BCUT2D eigenvalue weighted by molar-refractivity contribution is -0.137. The van der Waals surface area contributed by atoms with E-state index in [0.29, 0.717) is 0 Å². The van der Waals surface area contributed by atoms with E-state index in [4.69, 9.17) is 11.6 Å². The van der Waals surface area contributed by atoms with Crippen molar-refractivity contribution in [2.24, 2.45) is 0 Å². The standard InChI is InChI=1S/C20H19ClF3N3O4S/c1-13(28)25-18-6-5-16(12-17(18)21)32(30,31)27-9-7-26(8-10-27)19(29)14-3-2-4-15(11-14)20(22,23)24/h2-6,11-12H,7-10H2,1H3,(H,25,28). The van der Waals surface area contributed by atoms with Gasteiger partial charge in [-0.25, -0.2) is 8.42 Å². The van der Waals surface area contributed by atoms with Crippen molar-refractivity contribution < 1.29 is 31.2 Å². The maximum atomic E-state index is 12.9. The van der Waals surface area contributed by atoms with Gasteiger partial charge >= 0.3 is 6.18 Å². The number of carbonyl (C=O) groups is 2. The van der Waals surface area contributed by atoms with Crippen LogP contribution in [0.2, 0.25) is 5.02 Å². The van der Waals surface area contributed by atoms with Crippen LogP contribution >= 0.6 is 11.6 Å². The lowest BCUT2D eigenvalue weighted by Crippen LogP contribution is -2.50. The molecule has 0 spiro atoms. The molecule has 0 unspecified atom stereocenters. The SMILES string of the molecule is CC(=O)Nc1ccc(S(=O)(=O)N2CCN(C(=O)c3cccc(C(F)(F)F)c3)CC2)cc1Cl. The first-order valence-corrected chi connectivity index (χ1v) is 11.3. The van der Waals surface area contributed by atoms with Crippen LogP contribution in [0.15, 0.2) is 47.4 Å². The highest BCUT2D eigenvalue weighted by atomic mass is 35.5. The van der Waals surface area contributed by atoms with Crippen LogP contribution in [0.1, 0.15) is 22.8 Å². The van der Waals surface area contributed by atoms with E-state index in [0.717, 1.165) is 18.2 Å². The molecule has 0 aliphatic carbocycles. The molecule has 1 heterocycles. The number of rotatable bonds is 4. The Morgan fingerprint density at radius 2 is 1.69 bits per heavy atom. The summed E-state index contributed by atoms with van der Waals surface area (Å²) >= 11 is 6.07. The van der Waals surface area contributed by atoms with E-state index >= 15 is 0 Å². The number of halogens is 4. The number of anilines is 1. The summed E-state index contributed by atoms with van der Waals surface area (Å²) in [6.07, 6.45) is -4.57. The maximum Gasteiger partial charge on any atom is 0.416 e. The molecule has 0 bridgehead atoms. The van der Waals surface area contributed by atoms with E-state index < -0.39 is 27.7 Å². The van der Waals surface area contributed by atoms with Crippen molar-refractivity contribution >= 4 is 39.1 Å². The van der Waals surface area contributed by atoms with Gasteiger partial charge in [0.25, 0.3) is 5.91 Å². The molecule has 0 radical (unpaired) electrons. The minimum Gasteiger partial charge on any atom is -0.336 e. The van der Waals surface area contributed by atoms with Crippen molar-refractivity contribution in [2.75, 3.05) is 31.5 Å². The number of hydrogen-bond donors (Lipinski definition) is 1. The van der Waals surface area contributed by atoms with Crippen LogP contribution in [-0.4, -0.2) is 55.6 Å². The molecule has 7 nitrogen and oxygen atoms in total. The van der Waals surface area contributed by atoms with Gasteiger partial charge in [-0.2, -0.15) is 17.5 Å². The van der Waals surface area contributed by atoms with Gasteiger partial charge in [0.05, 0.1) is 21.2 Å². The van der Waals surface area contributed by atoms with Gasteiger partial charge in [-0.05, 0) is 36.4 Å². The van der Waals surface area contributed by atoms with Crippen molar-refractivity contribution in [3.63, 3.8) is 0 Å². The summed E-state index contributed by atoms with van der Waals surface area (Å²) in [5, 5.41) is 2.54. The number of carbonyl (C=O) groups excluding carboxylic acids is 2. The third-order valence-corrected chi connectivity index (χ3v) is 7.06. The second-order valence-corrected chi connectivity index (χ2v) is 9.44. The zero-order valence-corrected chi connectivity index (χ0v) is 18.4. The van der Waals surface area contributed by atoms with Crippen LogP contribution in [-0.2, 0) is 21.0 Å². The van der Waals surface area contributed by atoms with Gasteiger partial charge in [-0.15, -0.1) is 0 Å². The van der Waals surface area contributed by atoms with Gasteiger partial charge in [-0.3, -0.25) is 9.59 Å². The zero-order valence-electron chi connectivity index (χ0n) is 16.8. The van der Waals surface area contributed by atoms with Crippen LogP contribution in [0.5, 0.6) is 0 Å². The van der Waals surface area contributed by atoms with Crippen molar-refractivity contribution in [1.29, 1.82) is 0 Å². The number of amides is 2. The van der Waals surface area contributed by atoms with Gasteiger partial charge in [0, 0.05) is 38.7 Å². The van der Waals surface area contributed by atoms with Gasteiger partial charge in [0.15, 0.2) is 0 Å². The quantitative estimate of drug-likeness (QED) is 0.712. The molecular weight excluding hydrogens is 471 g/mol. The summed E-state index contributed by atoms with van der Waals surface area (Å²) in [7, 11) is -3.92. The highest BCUT2D eigenvalue weighted by Gasteiger charge is 2.33. The van der Waals surface area contributed by atoms with E-state index in [9.17, 15) is 31.2 Å². The largest absolute Gasteiger partial charge is 0.416 e. The fourth-order valence-electron chi connectivity index (χ4n) is 3.24. The number of nitrogens with one attached hydrogen (secondary N) is 1. The minimum absolute atomic E-state index is 0.0199. The summed E-state index contributed by atoms with van der Waals surface area (Å²) in [6.45, 7) is 1.27. The lowest BCUT2D eigenvalue weighted by atomic mass is 10.1. The topological polar surface area (TPSA) is 86.8 Å². The molecule has 1 fully saturated rings. The molecule has 172 valence electrons. The van der Waals surface area contributed by atoms with Crippen molar-refractivity contribution in [3.8, 4) is 0 Å². The van der Waals surface area contributed by atoms with Crippen molar-refractivity contribution in [2.45, 2.75) is 18.0 Å². The highest BCUT2D eigenvalue weighted by molar-refractivity contribution is 7.89. The average molecular weight is 490 g/mol. The third-order valence-electron chi connectivity index (χ3n) is 4.85. The molecule has 1 N–H and O–H groups in total. The summed E-state index contributed by atoms with van der Waals surface area (Å²) in [6, 6.07) is 8.02. The molecule has 0 atom stereocenters. The molecule has 3 rings (SSSR count). The summed E-state index contributed by atoms with van der Waals surface area (Å²) in [4.78, 5) is 25.0. The summed E-state index contributed by atoms with van der Waals surface area (Å²) in [5.74, 6) is -0.958. The number of benzene rings is 2. The smallest absolute Gasteiger partial charge is 0.336 e. The Hall–Kier alpha value is -2.63. The van der Waals surface area contributed by atoms with Crippen LogP contribution in [0.25, 0.3) is 0 Å². The number of hydrogen-bond acceptors (Lipinski definition) is 4. The number of piperazine rings is 1. The van der Waals surface area contributed by atoms with E-state index in [2.05, 4.69) is 5.32 Å². The summed E-state index contributed by atoms with van der Waals surface area (Å²) in [5.41, 5.74) is -0.768. The van der Waals surface area contributed by atoms with Gasteiger partial charge in [0.2, 0.25) is 15.9 Å². The predicted molar refractivity (Wildman–Crippen MR) is 112 cm³/mol. The van der Waals surface area contributed by atoms with Crippen molar-refractivity contribution in [1.82, 2.24) is 9.21 Å². The fraction of sp³-hybridized carbons (Fsp3) is 0.300. The molecule has 2 amide bonds. The third kappa shape index (κ3) is 5.22. The normalized spacial score (nSPS) is 15.5. The van der Waals surface area contributed by atoms with Gasteiger partial charge in [0.1, 0.15) is 0 Å². The average Bonchev–Trinajstić information content (AvgIpc) is 2.74. The van der Waals surface area contributed by atoms with E-state index in [1.807, 2.05) is 0 Å². The van der Waals surface area contributed by atoms with Gasteiger partial charge in [-0.1, -0.05) is 17.7 Å². The second-order valence-electron chi connectivity index (χ2n) is 7.10. The van der Waals surface area contributed by atoms with E-state index in [-0.39, 0.29) is 53.3 Å². The first kappa shape index (κ1) is 24.0. The van der Waals surface area contributed by atoms with Crippen LogP contribution < -0.4 is 5.32 Å². The van der Waals surface area contributed by atoms with Crippen molar-refractivity contribution in [3.05, 3.63) is 58.6 Å². The molecule has 32 heavy (non-hydrogen) atoms. The maximum absolute atomic E-state index is 12.9. The Morgan fingerprint density at radius 1 is 1.03 bits per heavy atom. The Balaban J connectivity index is 1.70. The number of nitrogens with zero attached hydrogens (tertiary/aromatic N) is 2. The Bertz CT molecular complexity index is 1150. The molecule has 0 aromatic heterocycles. The lowest BCUT2D eigenvalue weighted by Gasteiger charge is -2.34. The van der Waals surface area contributed by atoms with Crippen LogP contribution in [0.4, 0.5) is 18.9 Å².